The first kappa shape index (κ1) is 17.8. The average molecular weight is 338 g/mol. The van der Waals surface area contributed by atoms with Crippen LogP contribution in [-0.2, 0) is 4.79 Å². The lowest BCUT2D eigenvalue weighted by molar-refractivity contribution is -0.120. The summed E-state index contributed by atoms with van der Waals surface area (Å²) in [6, 6.07) is 4.96. The molecule has 2 amide bonds. The lowest BCUT2D eigenvalue weighted by Crippen LogP contribution is -2.35. The van der Waals surface area contributed by atoms with Crippen LogP contribution in [0.3, 0.4) is 0 Å². The van der Waals surface area contributed by atoms with E-state index in [1.807, 2.05) is 13.8 Å². The summed E-state index contributed by atoms with van der Waals surface area (Å²) in [6.45, 7) is 3.77. The molecule has 0 aliphatic heterocycles. The molecule has 5 nitrogen and oxygen atoms in total. The van der Waals surface area contributed by atoms with Crippen molar-refractivity contribution in [2.45, 2.75) is 51.6 Å². The van der Waals surface area contributed by atoms with Crippen molar-refractivity contribution in [3.8, 4) is 0 Å². The highest BCUT2D eigenvalue weighted by molar-refractivity contribution is 6.31. The van der Waals surface area contributed by atoms with Gasteiger partial charge in [0.2, 0.25) is 5.91 Å². The van der Waals surface area contributed by atoms with Crippen molar-refractivity contribution < 1.29 is 9.59 Å². The number of carbonyl (C=O) groups excluding carboxylic acids is 2. The molecule has 2 atom stereocenters. The molecule has 2 unspecified atom stereocenters. The normalized spacial score (nSPS) is 21.1. The maximum atomic E-state index is 12.5. The molecule has 1 fully saturated rings. The lowest BCUT2D eigenvalue weighted by Gasteiger charge is -2.26. The Morgan fingerprint density at radius 1 is 1.30 bits per heavy atom. The van der Waals surface area contributed by atoms with Gasteiger partial charge in [-0.15, -0.1) is 0 Å². The monoisotopic (exact) mass is 337 g/mol. The van der Waals surface area contributed by atoms with Crippen LogP contribution in [0.25, 0.3) is 0 Å². The molecule has 0 radical (unpaired) electrons. The van der Waals surface area contributed by atoms with Crippen LogP contribution in [0.4, 0.5) is 5.69 Å². The zero-order chi connectivity index (χ0) is 17.0. The molecule has 0 spiro atoms. The fourth-order valence-electron chi connectivity index (χ4n) is 2.86. The highest BCUT2D eigenvalue weighted by atomic mass is 35.5. The Kier molecular flexibility index (Phi) is 6.02. The molecular weight excluding hydrogens is 314 g/mol. The van der Waals surface area contributed by atoms with E-state index < -0.39 is 0 Å². The van der Waals surface area contributed by atoms with Gasteiger partial charge in [0, 0.05) is 23.0 Å². The van der Waals surface area contributed by atoms with Crippen LogP contribution in [0.5, 0.6) is 0 Å². The fraction of sp³-hybridized carbons (Fsp3) is 0.529. The standard InChI is InChI=1S/C17H24ClN3O2/c1-10(2)20-17(23)14-7-6-12(18)9-15(14)21-16(22)11-4-3-5-13(19)8-11/h6-7,9-11,13H,3-5,8,19H2,1-2H3,(H,20,23)(H,21,22). The Morgan fingerprint density at radius 2 is 2.04 bits per heavy atom. The van der Waals surface area contributed by atoms with E-state index in [0.717, 1.165) is 19.3 Å². The molecule has 6 heteroatoms. The topological polar surface area (TPSA) is 84.2 Å². The highest BCUT2D eigenvalue weighted by Gasteiger charge is 2.26. The number of carbonyl (C=O) groups is 2. The zero-order valence-electron chi connectivity index (χ0n) is 13.6. The minimum Gasteiger partial charge on any atom is -0.350 e. The van der Waals surface area contributed by atoms with Crippen LogP contribution >= 0.6 is 11.6 Å². The fourth-order valence-corrected chi connectivity index (χ4v) is 3.03. The molecule has 1 aromatic carbocycles. The third-order valence-electron chi connectivity index (χ3n) is 3.99. The van der Waals surface area contributed by atoms with E-state index in [2.05, 4.69) is 10.6 Å². The molecule has 2 rings (SSSR count). The SMILES string of the molecule is CC(C)NC(=O)c1ccc(Cl)cc1NC(=O)C1CCCC(N)C1. The van der Waals surface area contributed by atoms with Gasteiger partial charge in [-0.1, -0.05) is 18.0 Å². The molecule has 0 heterocycles. The van der Waals surface area contributed by atoms with Gasteiger partial charge in [0.05, 0.1) is 11.3 Å². The summed E-state index contributed by atoms with van der Waals surface area (Å²) in [6.07, 6.45) is 3.42. The lowest BCUT2D eigenvalue weighted by atomic mass is 9.85. The van der Waals surface area contributed by atoms with Crippen LogP contribution in [-0.4, -0.2) is 23.9 Å². The van der Waals surface area contributed by atoms with Gasteiger partial charge >= 0.3 is 0 Å². The first-order chi connectivity index (χ1) is 10.9. The number of hydrogen-bond donors (Lipinski definition) is 3. The summed E-state index contributed by atoms with van der Waals surface area (Å²) in [5.41, 5.74) is 6.81. The minimum atomic E-state index is -0.229. The molecule has 4 N–H and O–H groups in total. The van der Waals surface area contributed by atoms with Gasteiger partial charge in [-0.2, -0.15) is 0 Å². The summed E-state index contributed by atoms with van der Waals surface area (Å²) >= 11 is 6.02. The number of rotatable bonds is 4. The number of nitrogens with two attached hydrogens (primary N) is 1. The Balaban J connectivity index is 2.16. The summed E-state index contributed by atoms with van der Waals surface area (Å²) in [7, 11) is 0. The van der Waals surface area contributed by atoms with Crippen LogP contribution < -0.4 is 16.4 Å². The average Bonchev–Trinajstić information content (AvgIpc) is 2.46. The molecule has 0 aromatic heterocycles. The van der Waals surface area contributed by atoms with Crippen molar-refractivity contribution in [2.75, 3.05) is 5.32 Å². The molecule has 1 aliphatic carbocycles. The summed E-state index contributed by atoms with van der Waals surface area (Å²) in [5, 5.41) is 6.16. The summed E-state index contributed by atoms with van der Waals surface area (Å²) in [4.78, 5) is 24.8. The number of benzene rings is 1. The molecule has 23 heavy (non-hydrogen) atoms. The third kappa shape index (κ3) is 4.94. The number of amides is 2. The second-order valence-electron chi connectivity index (χ2n) is 6.43. The van der Waals surface area contributed by atoms with Crippen molar-refractivity contribution >= 4 is 29.1 Å². The van der Waals surface area contributed by atoms with E-state index in [-0.39, 0.29) is 29.8 Å². The highest BCUT2D eigenvalue weighted by Crippen LogP contribution is 2.27. The van der Waals surface area contributed by atoms with Crippen molar-refractivity contribution in [3.05, 3.63) is 28.8 Å². The van der Waals surface area contributed by atoms with E-state index in [1.165, 1.54) is 0 Å². The first-order valence-electron chi connectivity index (χ1n) is 8.03. The molecule has 1 saturated carbocycles. The van der Waals surface area contributed by atoms with Gasteiger partial charge in [-0.3, -0.25) is 9.59 Å². The van der Waals surface area contributed by atoms with Gasteiger partial charge in [0.1, 0.15) is 0 Å². The molecule has 0 saturated heterocycles. The maximum Gasteiger partial charge on any atom is 0.253 e. The molecule has 126 valence electrons. The van der Waals surface area contributed by atoms with Gasteiger partial charge < -0.3 is 16.4 Å². The number of halogens is 1. The van der Waals surface area contributed by atoms with Crippen molar-refractivity contribution in [1.82, 2.24) is 5.32 Å². The van der Waals surface area contributed by atoms with Gasteiger partial charge in [-0.25, -0.2) is 0 Å². The zero-order valence-corrected chi connectivity index (χ0v) is 14.3. The molecule has 0 bridgehead atoms. The molecule has 1 aliphatic rings. The second kappa shape index (κ2) is 7.79. The Hall–Kier alpha value is -1.59. The predicted octanol–water partition coefficient (Wildman–Crippen LogP) is 2.93. The van der Waals surface area contributed by atoms with Crippen LogP contribution in [0.15, 0.2) is 18.2 Å². The first-order valence-corrected chi connectivity index (χ1v) is 8.41. The van der Waals surface area contributed by atoms with E-state index in [1.54, 1.807) is 18.2 Å². The van der Waals surface area contributed by atoms with Gasteiger partial charge in [0.25, 0.3) is 5.91 Å². The Labute approximate surface area is 142 Å². The van der Waals surface area contributed by atoms with Crippen molar-refractivity contribution in [3.63, 3.8) is 0 Å². The van der Waals surface area contributed by atoms with Gasteiger partial charge in [0.15, 0.2) is 0 Å². The number of anilines is 1. The quantitative estimate of drug-likeness (QED) is 0.789. The smallest absolute Gasteiger partial charge is 0.253 e. The summed E-state index contributed by atoms with van der Waals surface area (Å²) in [5.74, 6) is -0.438. The number of nitrogens with one attached hydrogen (secondary N) is 2. The second-order valence-corrected chi connectivity index (χ2v) is 6.87. The van der Waals surface area contributed by atoms with E-state index in [0.29, 0.717) is 22.7 Å². The Bertz CT molecular complexity index is 589. The van der Waals surface area contributed by atoms with Crippen LogP contribution in [0.2, 0.25) is 5.02 Å². The van der Waals surface area contributed by atoms with Crippen LogP contribution in [0.1, 0.15) is 49.9 Å². The maximum absolute atomic E-state index is 12.5. The van der Waals surface area contributed by atoms with Gasteiger partial charge in [-0.05, 0) is 51.3 Å². The van der Waals surface area contributed by atoms with Crippen LogP contribution in [0, 0.1) is 5.92 Å². The van der Waals surface area contributed by atoms with Crippen molar-refractivity contribution in [1.29, 1.82) is 0 Å². The summed E-state index contributed by atoms with van der Waals surface area (Å²) < 4.78 is 0. The number of hydrogen-bond acceptors (Lipinski definition) is 3. The van der Waals surface area contributed by atoms with E-state index in [9.17, 15) is 9.59 Å². The predicted molar refractivity (Wildman–Crippen MR) is 92.6 cm³/mol. The minimum absolute atomic E-state index is 0.0121. The third-order valence-corrected chi connectivity index (χ3v) is 4.22. The van der Waals surface area contributed by atoms with Crippen molar-refractivity contribution in [2.24, 2.45) is 11.7 Å². The molecule has 1 aromatic rings. The molecular formula is C17H24ClN3O2. The Morgan fingerprint density at radius 3 is 2.70 bits per heavy atom. The van der Waals surface area contributed by atoms with E-state index >= 15 is 0 Å². The van der Waals surface area contributed by atoms with E-state index in [4.69, 9.17) is 17.3 Å². The largest absolute Gasteiger partial charge is 0.350 e.